The Kier molecular flexibility index (Phi) is 1.54. The molecule has 12 heavy (non-hydrogen) atoms. The second-order valence-electron chi connectivity index (χ2n) is 2.55. The summed E-state index contributed by atoms with van der Waals surface area (Å²) in [6, 6.07) is 4.73. The molecule has 0 saturated carbocycles. The number of hydrogen-bond acceptors (Lipinski definition) is 1. The standard InChI is InChI=1S/C8H6ClFN2/c1-12-8(9)5-3-2-4-6(10)7(5)11-12/h2-4H,1H3. The van der Waals surface area contributed by atoms with Gasteiger partial charge in [0.1, 0.15) is 10.7 Å². The number of fused-ring (bicyclic) bond motifs is 1. The van der Waals surface area contributed by atoms with Gasteiger partial charge in [-0.25, -0.2) is 4.39 Å². The molecule has 1 aromatic heterocycles. The van der Waals surface area contributed by atoms with Crippen LogP contribution in [-0.4, -0.2) is 9.78 Å². The topological polar surface area (TPSA) is 17.8 Å². The van der Waals surface area contributed by atoms with Gasteiger partial charge in [-0.15, -0.1) is 0 Å². The highest BCUT2D eigenvalue weighted by atomic mass is 35.5. The summed E-state index contributed by atoms with van der Waals surface area (Å²) in [6.45, 7) is 0. The Morgan fingerprint density at radius 1 is 1.50 bits per heavy atom. The third kappa shape index (κ3) is 0.898. The predicted octanol–water partition coefficient (Wildman–Crippen LogP) is 2.37. The van der Waals surface area contributed by atoms with E-state index < -0.39 is 0 Å². The first-order chi connectivity index (χ1) is 5.70. The molecule has 0 aliphatic rings. The number of aromatic nitrogens is 2. The first kappa shape index (κ1) is 7.55. The average molecular weight is 185 g/mol. The zero-order valence-corrected chi connectivity index (χ0v) is 7.14. The van der Waals surface area contributed by atoms with Crippen molar-refractivity contribution in [1.29, 1.82) is 0 Å². The summed E-state index contributed by atoms with van der Waals surface area (Å²) < 4.78 is 14.5. The van der Waals surface area contributed by atoms with Crippen LogP contribution in [0.25, 0.3) is 10.9 Å². The Labute approximate surface area is 73.6 Å². The molecule has 0 bridgehead atoms. The summed E-state index contributed by atoms with van der Waals surface area (Å²) >= 11 is 5.85. The van der Waals surface area contributed by atoms with Crippen molar-refractivity contribution in [2.75, 3.05) is 0 Å². The van der Waals surface area contributed by atoms with Gasteiger partial charge >= 0.3 is 0 Å². The van der Waals surface area contributed by atoms with Crippen molar-refractivity contribution in [3.05, 3.63) is 29.2 Å². The summed E-state index contributed by atoms with van der Waals surface area (Å²) in [4.78, 5) is 0. The number of nitrogens with zero attached hydrogens (tertiary/aromatic N) is 2. The fraction of sp³-hybridized carbons (Fsp3) is 0.125. The van der Waals surface area contributed by atoms with E-state index in [4.69, 9.17) is 11.6 Å². The second-order valence-corrected chi connectivity index (χ2v) is 2.91. The van der Waals surface area contributed by atoms with Gasteiger partial charge in [-0.1, -0.05) is 17.7 Å². The Hall–Kier alpha value is -1.09. The van der Waals surface area contributed by atoms with Crippen LogP contribution in [0.5, 0.6) is 0 Å². The van der Waals surface area contributed by atoms with Crippen molar-refractivity contribution in [3.63, 3.8) is 0 Å². The molecule has 2 aromatic rings. The lowest BCUT2D eigenvalue weighted by Crippen LogP contribution is -1.88. The maximum absolute atomic E-state index is 13.0. The van der Waals surface area contributed by atoms with Crippen LogP contribution in [0.4, 0.5) is 4.39 Å². The first-order valence-electron chi connectivity index (χ1n) is 3.47. The van der Waals surface area contributed by atoms with Crippen LogP contribution in [0.1, 0.15) is 0 Å². The minimum atomic E-state index is -0.338. The molecule has 0 fully saturated rings. The molecule has 0 aliphatic heterocycles. The van der Waals surface area contributed by atoms with E-state index in [1.165, 1.54) is 10.7 Å². The minimum absolute atomic E-state index is 0.324. The number of benzene rings is 1. The van der Waals surface area contributed by atoms with Crippen LogP contribution in [0.2, 0.25) is 5.15 Å². The van der Waals surface area contributed by atoms with Gasteiger partial charge in [-0.05, 0) is 12.1 Å². The second kappa shape index (κ2) is 2.45. The van der Waals surface area contributed by atoms with Crippen molar-refractivity contribution < 1.29 is 4.39 Å². The van der Waals surface area contributed by atoms with Crippen molar-refractivity contribution >= 4 is 22.5 Å². The molecule has 2 nitrogen and oxygen atoms in total. The number of aryl methyl sites for hydroxylation is 1. The van der Waals surface area contributed by atoms with Gasteiger partial charge in [0.05, 0.1) is 0 Å². The zero-order valence-electron chi connectivity index (χ0n) is 6.38. The molecule has 0 unspecified atom stereocenters. The number of hydrogen-bond donors (Lipinski definition) is 0. The molecule has 0 amide bonds. The molecule has 0 saturated heterocycles. The lowest BCUT2D eigenvalue weighted by Gasteiger charge is -1.88. The highest BCUT2D eigenvalue weighted by Crippen LogP contribution is 2.23. The summed E-state index contributed by atoms with van der Waals surface area (Å²) in [6.07, 6.45) is 0. The molecule has 0 aliphatic carbocycles. The predicted molar refractivity (Wildman–Crippen MR) is 45.7 cm³/mol. The summed E-state index contributed by atoms with van der Waals surface area (Å²) in [5.74, 6) is -0.338. The Morgan fingerprint density at radius 2 is 2.25 bits per heavy atom. The SMILES string of the molecule is Cn1nc2c(F)cccc2c1Cl. The smallest absolute Gasteiger partial charge is 0.151 e. The maximum atomic E-state index is 13.0. The normalized spacial score (nSPS) is 10.9. The van der Waals surface area contributed by atoms with E-state index in [1.807, 2.05) is 0 Å². The summed E-state index contributed by atoms with van der Waals surface area (Å²) in [7, 11) is 1.68. The molecule has 0 N–H and O–H groups in total. The third-order valence-corrected chi connectivity index (χ3v) is 2.19. The molecule has 0 spiro atoms. The van der Waals surface area contributed by atoms with Gasteiger partial charge in [0, 0.05) is 12.4 Å². The van der Waals surface area contributed by atoms with Crippen LogP contribution in [-0.2, 0) is 7.05 Å². The molecule has 0 radical (unpaired) electrons. The third-order valence-electron chi connectivity index (χ3n) is 1.74. The van der Waals surface area contributed by atoms with E-state index in [-0.39, 0.29) is 5.82 Å². The van der Waals surface area contributed by atoms with Crippen molar-refractivity contribution in [1.82, 2.24) is 9.78 Å². The Balaban J connectivity index is 2.95. The molecular formula is C8H6ClFN2. The van der Waals surface area contributed by atoms with Gasteiger partial charge in [0.25, 0.3) is 0 Å². The molecule has 1 aromatic carbocycles. The molecule has 1 heterocycles. The lowest BCUT2D eigenvalue weighted by atomic mass is 10.2. The molecule has 4 heteroatoms. The first-order valence-corrected chi connectivity index (χ1v) is 3.84. The van der Waals surface area contributed by atoms with E-state index in [0.29, 0.717) is 16.1 Å². The van der Waals surface area contributed by atoms with Crippen molar-refractivity contribution in [3.8, 4) is 0 Å². The fourth-order valence-electron chi connectivity index (χ4n) is 1.15. The Bertz CT molecular complexity index is 436. The monoisotopic (exact) mass is 184 g/mol. The van der Waals surface area contributed by atoms with Gasteiger partial charge in [-0.3, -0.25) is 4.68 Å². The van der Waals surface area contributed by atoms with E-state index in [9.17, 15) is 4.39 Å². The van der Waals surface area contributed by atoms with Crippen LogP contribution in [0.15, 0.2) is 18.2 Å². The van der Waals surface area contributed by atoms with E-state index in [1.54, 1.807) is 19.2 Å². The van der Waals surface area contributed by atoms with E-state index in [2.05, 4.69) is 5.10 Å². The van der Waals surface area contributed by atoms with Gasteiger partial charge in [0.2, 0.25) is 0 Å². The summed E-state index contributed by atoms with van der Waals surface area (Å²) in [5.41, 5.74) is 0.324. The number of halogens is 2. The minimum Gasteiger partial charge on any atom is -0.256 e. The quantitative estimate of drug-likeness (QED) is 0.615. The Morgan fingerprint density at radius 3 is 2.92 bits per heavy atom. The maximum Gasteiger partial charge on any atom is 0.151 e. The largest absolute Gasteiger partial charge is 0.256 e. The van der Waals surface area contributed by atoms with Crippen LogP contribution < -0.4 is 0 Å². The molecule has 0 atom stereocenters. The van der Waals surface area contributed by atoms with Crippen LogP contribution >= 0.6 is 11.6 Å². The zero-order chi connectivity index (χ0) is 8.72. The van der Waals surface area contributed by atoms with Gasteiger partial charge in [-0.2, -0.15) is 5.10 Å². The van der Waals surface area contributed by atoms with Crippen LogP contribution in [0.3, 0.4) is 0 Å². The fourth-order valence-corrected chi connectivity index (χ4v) is 1.34. The summed E-state index contributed by atoms with van der Waals surface area (Å²) in [5, 5.41) is 5.04. The highest BCUT2D eigenvalue weighted by molar-refractivity contribution is 6.34. The van der Waals surface area contributed by atoms with Crippen molar-refractivity contribution in [2.24, 2.45) is 7.05 Å². The van der Waals surface area contributed by atoms with Crippen molar-refractivity contribution in [2.45, 2.75) is 0 Å². The lowest BCUT2D eigenvalue weighted by molar-refractivity contribution is 0.632. The van der Waals surface area contributed by atoms with Gasteiger partial charge < -0.3 is 0 Å². The molecule has 2 rings (SSSR count). The van der Waals surface area contributed by atoms with E-state index >= 15 is 0 Å². The highest BCUT2D eigenvalue weighted by Gasteiger charge is 2.08. The van der Waals surface area contributed by atoms with E-state index in [0.717, 1.165) is 0 Å². The van der Waals surface area contributed by atoms with Crippen LogP contribution in [0, 0.1) is 5.82 Å². The number of rotatable bonds is 0. The molecule has 62 valence electrons. The average Bonchev–Trinajstić information content (AvgIpc) is 2.32. The molecular weight excluding hydrogens is 179 g/mol. The van der Waals surface area contributed by atoms with Gasteiger partial charge in [0.15, 0.2) is 5.82 Å².